The van der Waals surface area contributed by atoms with E-state index in [4.69, 9.17) is 0 Å². The number of thioether (sulfide) groups is 1. The standard InChI is InChI=1S/C15H19N3S/c1-3-7-12(8-4-1)15-16-14(17-18-15)11-19-13-9-5-2-6-10-13/h2,5-6,9-10,12H,1,3-4,7-8,11H2,(H,16,17,18). The zero-order valence-electron chi connectivity index (χ0n) is 11.0. The van der Waals surface area contributed by atoms with Crippen LogP contribution in [0.25, 0.3) is 0 Å². The highest BCUT2D eigenvalue weighted by molar-refractivity contribution is 7.98. The van der Waals surface area contributed by atoms with Crippen LogP contribution in [0.1, 0.15) is 49.7 Å². The first kappa shape index (κ1) is 12.7. The molecule has 0 spiro atoms. The van der Waals surface area contributed by atoms with Crippen LogP contribution in [0.3, 0.4) is 0 Å². The van der Waals surface area contributed by atoms with Crippen molar-refractivity contribution in [3.63, 3.8) is 0 Å². The summed E-state index contributed by atoms with van der Waals surface area (Å²) in [7, 11) is 0. The Bertz CT molecular complexity index is 503. The number of aromatic amines is 1. The Hall–Kier alpha value is -1.29. The second-order valence-electron chi connectivity index (χ2n) is 5.08. The first-order chi connectivity index (χ1) is 9.42. The Morgan fingerprint density at radius 2 is 1.89 bits per heavy atom. The van der Waals surface area contributed by atoms with Crippen molar-refractivity contribution in [1.82, 2.24) is 15.2 Å². The number of hydrogen-bond donors (Lipinski definition) is 1. The first-order valence-corrected chi connectivity index (χ1v) is 7.99. The largest absolute Gasteiger partial charge is 0.262 e. The number of nitrogens with one attached hydrogen (secondary N) is 1. The molecule has 4 heteroatoms. The van der Waals surface area contributed by atoms with E-state index in [1.54, 1.807) is 11.8 Å². The van der Waals surface area contributed by atoms with Crippen LogP contribution in [0.2, 0.25) is 0 Å². The molecule has 0 saturated heterocycles. The fourth-order valence-electron chi connectivity index (χ4n) is 2.59. The summed E-state index contributed by atoms with van der Waals surface area (Å²) in [6.45, 7) is 0. The quantitative estimate of drug-likeness (QED) is 0.851. The van der Waals surface area contributed by atoms with Gasteiger partial charge in [0, 0.05) is 10.8 Å². The lowest BCUT2D eigenvalue weighted by Gasteiger charge is -2.17. The molecule has 0 bridgehead atoms. The predicted octanol–water partition coefficient (Wildman–Crippen LogP) is 4.14. The van der Waals surface area contributed by atoms with E-state index in [0.717, 1.165) is 17.4 Å². The van der Waals surface area contributed by atoms with Crippen LogP contribution in [0, 0.1) is 0 Å². The Morgan fingerprint density at radius 1 is 1.11 bits per heavy atom. The van der Waals surface area contributed by atoms with Gasteiger partial charge in [-0.2, -0.15) is 5.10 Å². The Balaban J connectivity index is 1.58. The summed E-state index contributed by atoms with van der Waals surface area (Å²) in [4.78, 5) is 5.94. The molecule has 3 rings (SSSR count). The monoisotopic (exact) mass is 273 g/mol. The fourth-order valence-corrected chi connectivity index (χ4v) is 3.37. The number of H-pyrrole nitrogens is 1. The van der Waals surface area contributed by atoms with Crippen molar-refractivity contribution in [3.05, 3.63) is 42.0 Å². The average Bonchev–Trinajstić information content (AvgIpc) is 2.96. The zero-order valence-corrected chi connectivity index (χ0v) is 11.8. The van der Waals surface area contributed by atoms with Gasteiger partial charge in [0.2, 0.25) is 0 Å². The maximum absolute atomic E-state index is 4.66. The van der Waals surface area contributed by atoms with E-state index in [1.807, 2.05) is 6.07 Å². The van der Waals surface area contributed by atoms with E-state index in [9.17, 15) is 0 Å². The Morgan fingerprint density at radius 3 is 2.68 bits per heavy atom. The van der Waals surface area contributed by atoms with E-state index in [1.165, 1.54) is 37.0 Å². The van der Waals surface area contributed by atoms with Crippen molar-refractivity contribution in [2.24, 2.45) is 0 Å². The van der Waals surface area contributed by atoms with Gasteiger partial charge in [-0.3, -0.25) is 5.10 Å². The summed E-state index contributed by atoms with van der Waals surface area (Å²) >= 11 is 1.80. The second kappa shape index (κ2) is 6.24. The van der Waals surface area contributed by atoms with E-state index in [2.05, 4.69) is 39.4 Å². The molecule has 0 aliphatic heterocycles. The molecule has 1 aromatic carbocycles. The predicted molar refractivity (Wildman–Crippen MR) is 78.2 cm³/mol. The number of hydrogen-bond acceptors (Lipinski definition) is 3. The molecule has 2 aromatic rings. The van der Waals surface area contributed by atoms with Gasteiger partial charge in [0.05, 0.1) is 5.75 Å². The molecule has 19 heavy (non-hydrogen) atoms. The smallest absolute Gasteiger partial charge is 0.153 e. The Kier molecular flexibility index (Phi) is 4.18. The van der Waals surface area contributed by atoms with Gasteiger partial charge in [0.25, 0.3) is 0 Å². The van der Waals surface area contributed by atoms with Crippen LogP contribution in [0.4, 0.5) is 0 Å². The van der Waals surface area contributed by atoms with Crippen LogP contribution in [0.5, 0.6) is 0 Å². The molecule has 0 amide bonds. The summed E-state index contributed by atoms with van der Waals surface area (Å²) in [6.07, 6.45) is 6.53. The number of nitrogens with zero attached hydrogens (tertiary/aromatic N) is 2. The lowest BCUT2D eigenvalue weighted by atomic mass is 9.89. The van der Waals surface area contributed by atoms with Crippen LogP contribution >= 0.6 is 11.8 Å². The summed E-state index contributed by atoms with van der Waals surface area (Å²) in [6, 6.07) is 10.4. The van der Waals surface area contributed by atoms with Gasteiger partial charge in [-0.05, 0) is 25.0 Å². The van der Waals surface area contributed by atoms with Crippen molar-refractivity contribution < 1.29 is 0 Å². The van der Waals surface area contributed by atoms with Gasteiger partial charge in [0.15, 0.2) is 5.82 Å². The van der Waals surface area contributed by atoms with Gasteiger partial charge < -0.3 is 0 Å². The van der Waals surface area contributed by atoms with Gasteiger partial charge in [-0.25, -0.2) is 4.98 Å². The van der Waals surface area contributed by atoms with Gasteiger partial charge >= 0.3 is 0 Å². The highest BCUT2D eigenvalue weighted by atomic mass is 32.2. The van der Waals surface area contributed by atoms with E-state index < -0.39 is 0 Å². The van der Waals surface area contributed by atoms with Gasteiger partial charge in [-0.1, -0.05) is 37.5 Å². The third-order valence-corrected chi connectivity index (χ3v) is 4.66. The third kappa shape index (κ3) is 3.38. The molecule has 1 N–H and O–H groups in total. The van der Waals surface area contributed by atoms with Crippen LogP contribution in [-0.2, 0) is 5.75 Å². The molecule has 1 aliphatic rings. The van der Waals surface area contributed by atoms with Crippen molar-refractivity contribution in [2.75, 3.05) is 0 Å². The van der Waals surface area contributed by atoms with Gasteiger partial charge in [-0.15, -0.1) is 11.8 Å². The molecule has 0 unspecified atom stereocenters. The van der Waals surface area contributed by atoms with Crippen LogP contribution in [-0.4, -0.2) is 15.2 Å². The number of rotatable bonds is 4. The molecular formula is C15H19N3S. The van der Waals surface area contributed by atoms with Crippen molar-refractivity contribution in [1.29, 1.82) is 0 Å². The summed E-state index contributed by atoms with van der Waals surface area (Å²) in [5.74, 6) is 3.47. The molecular weight excluding hydrogens is 254 g/mol. The minimum absolute atomic E-state index is 0.584. The van der Waals surface area contributed by atoms with Gasteiger partial charge in [0.1, 0.15) is 5.82 Å². The number of aromatic nitrogens is 3. The molecule has 1 heterocycles. The van der Waals surface area contributed by atoms with Crippen LogP contribution < -0.4 is 0 Å². The lowest BCUT2D eigenvalue weighted by Crippen LogP contribution is -2.06. The number of benzene rings is 1. The lowest BCUT2D eigenvalue weighted by molar-refractivity contribution is 0.429. The van der Waals surface area contributed by atoms with Crippen molar-refractivity contribution in [3.8, 4) is 0 Å². The first-order valence-electron chi connectivity index (χ1n) is 7.01. The highest BCUT2D eigenvalue weighted by Gasteiger charge is 2.19. The summed E-state index contributed by atoms with van der Waals surface area (Å²) < 4.78 is 0. The van der Waals surface area contributed by atoms with E-state index >= 15 is 0 Å². The highest BCUT2D eigenvalue weighted by Crippen LogP contribution is 2.30. The summed E-state index contributed by atoms with van der Waals surface area (Å²) in [5.41, 5.74) is 0. The molecule has 1 aromatic heterocycles. The molecule has 100 valence electrons. The molecule has 1 fully saturated rings. The van der Waals surface area contributed by atoms with Crippen LogP contribution in [0.15, 0.2) is 35.2 Å². The zero-order chi connectivity index (χ0) is 12.9. The third-order valence-electron chi connectivity index (χ3n) is 3.64. The minimum atomic E-state index is 0.584. The maximum atomic E-state index is 4.66. The van der Waals surface area contributed by atoms with E-state index in [0.29, 0.717) is 5.92 Å². The summed E-state index contributed by atoms with van der Waals surface area (Å²) in [5, 5.41) is 7.49. The van der Waals surface area contributed by atoms with E-state index in [-0.39, 0.29) is 0 Å². The molecule has 1 aliphatic carbocycles. The SMILES string of the molecule is c1ccc(SCc2nc(C3CCCCC3)n[nH]2)cc1. The Labute approximate surface area is 118 Å². The molecule has 1 saturated carbocycles. The normalized spacial score (nSPS) is 16.6. The second-order valence-corrected chi connectivity index (χ2v) is 6.13. The average molecular weight is 273 g/mol. The van der Waals surface area contributed by atoms with Crippen molar-refractivity contribution >= 4 is 11.8 Å². The maximum Gasteiger partial charge on any atom is 0.153 e. The molecule has 3 nitrogen and oxygen atoms in total. The topological polar surface area (TPSA) is 41.6 Å². The molecule has 0 atom stereocenters. The minimum Gasteiger partial charge on any atom is -0.262 e. The van der Waals surface area contributed by atoms with Crippen molar-refractivity contribution in [2.45, 2.75) is 48.7 Å². The fraction of sp³-hybridized carbons (Fsp3) is 0.467. The molecule has 0 radical (unpaired) electrons.